The molecule has 0 radical (unpaired) electrons. The van der Waals surface area contributed by atoms with E-state index >= 15 is 0 Å². The van der Waals surface area contributed by atoms with Crippen LogP contribution in [0, 0.1) is 0 Å². The molecule has 2 aliphatic rings. The Morgan fingerprint density at radius 1 is 1.26 bits per heavy atom. The van der Waals surface area contributed by atoms with Crippen LogP contribution in [-0.2, 0) is 4.74 Å². The number of methoxy groups -OCH3 is 1. The molecule has 1 aromatic rings. The van der Waals surface area contributed by atoms with Gasteiger partial charge in [-0.25, -0.2) is 0 Å². The van der Waals surface area contributed by atoms with Crippen molar-refractivity contribution in [1.82, 2.24) is 5.32 Å². The van der Waals surface area contributed by atoms with E-state index in [9.17, 15) is 0 Å². The molecule has 4 nitrogen and oxygen atoms in total. The van der Waals surface area contributed by atoms with Crippen LogP contribution in [-0.4, -0.2) is 32.5 Å². The van der Waals surface area contributed by atoms with Crippen molar-refractivity contribution in [3.8, 4) is 11.5 Å². The zero-order chi connectivity index (χ0) is 13.2. The number of hydrogen-bond acceptors (Lipinski definition) is 4. The molecule has 104 valence electrons. The van der Waals surface area contributed by atoms with E-state index in [4.69, 9.17) is 14.2 Å². The minimum atomic E-state index is 0.289. The van der Waals surface area contributed by atoms with Gasteiger partial charge in [0.15, 0.2) is 0 Å². The lowest BCUT2D eigenvalue weighted by Gasteiger charge is -2.30. The minimum absolute atomic E-state index is 0.289. The van der Waals surface area contributed by atoms with Crippen LogP contribution in [0.5, 0.6) is 11.5 Å². The van der Waals surface area contributed by atoms with Crippen LogP contribution in [0.4, 0.5) is 0 Å². The van der Waals surface area contributed by atoms with Crippen molar-refractivity contribution in [2.75, 3.05) is 20.3 Å². The van der Waals surface area contributed by atoms with E-state index in [0.29, 0.717) is 12.1 Å². The van der Waals surface area contributed by atoms with Gasteiger partial charge in [-0.2, -0.15) is 0 Å². The van der Waals surface area contributed by atoms with Crippen LogP contribution < -0.4 is 14.8 Å². The van der Waals surface area contributed by atoms with Gasteiger partial charge in [0.2, 0.25) is 0 Å². The highest BCUT2D eigenvalue weighted by Gasteiger charge is 2.29. The van der Waals surface area contributed by atoms with Crippen molar-refractivity contribution in [2.24, 2.45) is 0 Å². The van der Waals surface area contributed by atoms with E-state index in [-0.39, 0.29) is 6.10 Å². The van der Waals surface area contributed by atoms with Crippen LogP contribution in [0.2, 0.25) is 0 Å². The van der Waals surface area contributed by atoms with Gasteiger partial charge in [-0.15, -0.1) is 0 Å². The van der Waals surface area contributed by atoms with Gasteiger partial charge in [-0.1, -0.05) is 0 Å². The van der Waals surface area contributed by atoms with Crippen LogP contribution in [0.3, 0.4) is 0 Å². The Morgan fingerprint density at radius 2 is 2.16 bits per heavy atom. The summed E-state index contributed by atoms with van der Waals surface area (Å²) in [4.78, 5) is 0. The zero-order valence-corrected chi connectivity index (χ0v) is 11.5. The average Bonchev–Trinajstić information content (AvgIpc) is 2.84. The molecule has 3 unspecified atom stereocenters. The average molecular weight is 263 g/mol. The van der Waals surface area contributed by atoms with Gasteiger partial charge in [-0.3, -0.25) is 0 Å². The third-order valence-corrected chi connectivity index (χ3v) is 4.05. The van der Waals surface area contributed by atoms with Crippen molar-refractivity contribution < 1.29 is 14.2 Å². The van der Waals surface area contributed by atoms with Crippen LogP contribution >= 0.6 is 0 Å². The maximum absolute atomic E-state index is 5.72. The van der Waals surface area contributed by atoms with E-state index in [1.807, 2.05) is 12.1 Å². The van der Waals surface area contributed by atoms with Gasteiger partial charge in [0, 0.05) is 30.7 Å². The SMILES string of the molecule is COc1ccc2c(c1)C(NC1CCOC1C)CCO2. The van der Waals surface area contributed by atoms with Gasteiger partial charge in [0.05, 0.1) is 19.8 Å². The quantitative estimate of drug-likeness (QED) is 0.908. The molecule has 3 atom stereocenters. The molecule has 2 heterocycles. The highest BCUT2D eigenvalue weighted by atomic mass is 16.5. The summed E-state index contributed by atoms with van der Waals surface area (Å²) in [5.41, 5.74) is 1.20. The van der Waals surface area contributed by atoms with E-state index < -0.39 is 0 Å². The lowest BCUT2D eigenvalue weighted by molar-refractivity contribution is 0.108. The third-order valence-electron chi connectivity index (χ3n) is 4.05. The molecule has 0 amide bonds. The molecule has 1 saturated heterocycles. The predicted octanol–water partition coefficient (Wildman–Crippen LogP) is 2.29. The Hall–Kier alpha value is -1.26. The van der Waals surface area contributed by atoms with E-state index in [2.05, 4.69) is 18.3 Å². The molecule has 0 bridgehead atoms. The molecule has 3 rings (SSSR count). The number of rotatable bonds is 3. The summed E-state index contributed by atoms with van der Waals surface area (Å²) in [6.45, 7) is 3.75. The monoisotopic (exact) mass is 263 g/mol. The summed E-state index contributed by atoms with van der Waals surface area (Å²) >= 11 is 0. The number of ether oxygens (including phenoxy) is 3. The van der Waals surface area contributed by atoms with Crippen LogP contribution in [0.15, 0.2) is 18.2 Å². The largest absolute Gasteiger partial charge is 0.497 e. The molecule has 1 aromatic carbocycles. The number of benzene rings is 1. The minimum Gasteiger partial charge on any atom is -0.497 e. The molecule has 0 spiro atoms. The second-order valence-corrected chi connectivity index (χ2v) is 5.23. The second kappa shape index (κ2) is 5.39. The maximum Gasteiger partial charge on any atom is 0.124 e. The summed E-state index contributed by atoms with van der Waals surface area (Å²) in [6, 6.07) is 6.78. The standard InChI is InChI=1S/C15H21NO3/c1-10-13(5-7-18-10)16-14-6-8-19-15-4-3-11(17-2)9-12(14)15/h3-4,9-10,13-14,16H,5-8H2,1-2H3. The van der Waals surface area contributed by atoms with Gasteiger partial charge < -0.3 is 19.5 Å². The number of nitrogens with one attached hydrogen (secondary N) is 1. The molecular formula is C15H21NO3. The van der Waals surface area contributed by atoms with Crippen molar-refractivity contribution in [3.63, 3.8) is 0 Å². The Bertz CT molecular complexity index is 449. The third kappa shape index (κ3) is 2.55. The van der Waals surface area contributed by atoms with Crippen molar-refractivity contribution in [2.45, 2.75) is 38.0 Å². The lowest BCUT2D eigenvalue weighted by Crippen LogP contribution is -2.39. The lowest BCUT2D eigenvalue weighted by atomic mass is 9.98. The fraction of sp³-hybridized carbons (Fsp3) is 0.600. The molecule has 1 fully saturated rings. The summed E-state index contributed by atoms with van der Waals surface area (Å²) in [5, 5.41) is 3.71. The Morgan fingerprint density at radius 3 is 2.89 bits per heavy atom. The van der Waals surface area contributed by atoms with Crippen molar-refractivity contribution in [1.29, 1.82) is 0 Å². The highest BCUT2D eigenvalue weighted by Crippen LogP contribution is 2.35. The molecule has 4 heteroatoms. The van der Waals surface area contributed by atoms with E-state index in [1.165, 1.54) is 5.56 Å². The molecule has 0 aromatic heterocycles. The summed E-state index contributed by atoms with van der Waals surface area (Å²) in [7, 11) is 1.70. The Balaban J connectivity index is 1.80. The summed E-state index contributed by atoms with van der Waals surface area (Å²) < 4.78 is 16.7. The van der Waals surface area contributed by atoms with Gasteiger partial charge >= 0.3 is 0 Å². The normalized spacial score (nSPS) is 29.7. The zero-order valence-electron chi connectivity index (χ0n) is 11.5. The van der Waals surface area contributed by atoms with Gasteiger partial charge in [-0.05, 0) is 31.5 Å². The van der Waals surface area contributed by atoms with E-state index in [0.717, 1.165) is 37.6 Å². The van der Waals surface area contributed by atoms with Crippen molar-refractivity contribution >= 4 is 0 Å². The first-order chi connectivity index (χ1) is 9.28. The van der Waals surface area contributed by atoms with E-state index in [1.54, 1.807) is 7.11 Å². The van der Waals surface area contributed by atoms with Crippen LogP contribution in [0.25, 0.3) is 0 Å². The molecule has 1 N–H and O–H groups in total. The first-order valence-corrected chi connectivity index (χ1v) is 6.96. The smallest absolute Gasteiger partial charge is 0.124 e. The molecule has 0 aliphatic carbocycles. The topological polar surface area (TPSA) is 39.7 Å². The van der Waals surface area contributed by atoms with Gasteiger partial charge in [0.25, 0.3) is 0 Å². The maximum atomic E-state index is 5.72. The fourth-order valence-corrected chi connectivity index (χ4v) is 2.88. The summed E-state index contributed by atoms with van der Waals surface area (Å²) in [5.74, 6) is 1.85. The first kappa shape index (κ1) is 12.8. The molecule has 2 aliphatic heterocycles. The molecule has 19 heavy (non-hydrogen) atoms. The second-order valence-electron chi connectivity index (χ2n) is 5.23. The number of hydrogen-bond donors (Lipinski definition) is 1. The predicted molar refractivity (Wildman–Crippen MR) is 72.8 cm³/mol. The molecular weight excluding hydrogens is 242 g/mol. The Labute approximate surface area is 114 Å². The highest BCUT2D eigenvalue weighted by molar-refractivity contribution is 5.43. The fourth-order valence-electron chi connectivity index (χ4n) is 2.88. The van der Waals surface area contributed by atoms with Crippen molar-refractivity contribution in [3.05, 3.63) is 23.8 Å². The molecule has 0 saturated carbocycles. The van der Waals surface area contributed by atoms with Gasteiger partial charge in [0.1, 0.15) is 11.5 Å². The first-order valence-electron chi connectivity index (χ1n) is 6.96. The summed E-state index contributed by atoms with van der Waals surface area (Å²) in [6.07, 6.45) is 2.36. The number of fused-ring (bicyclic) bond motifs is 1. The van der Waals surface area contributed by atoms with Crippen LogP contribution in [0.1, 0.15) is 31.4 Å². The Kier molecular flexibility index (Phi) is 3.62.